The number of fused-ring (bicyclic) bond motifs is 1. The summed E-state index contributed by atoms with van der Waals surface area (Å²) >= 11 is 1.96. The third-order valence-electron chi connectivity index (χ3n) is 1.80. The smallest absolute Gasteiger partial charge is 0.0571 e. The highest BCUT2D eigenvalue weighted by Crippen LogP contribution is 2.39. The van der Waals surface area contributed by atoms with Crippen LogP contribution in [-0.2, 0) is 5.75 Å². The minimum absolute atomic E-state index is 0.608. The van der Waals surface area contributed by atoms with E-state index in [2.05, 4.69) is 18.0 Å². The third kappa shape index (κ3) is 0.833. The van der Waals surface area contributed by atoms with Gasteiger partial charge in [0.25, 0.3) is 0 Å². The van der Waals surface area contributed by atoms with Crippen LogP contribution >= 0.6 is 11.8 Å². The summed E-state index contributed by atoms with van der Waals surface area (Å²) in [6.07, 6.45) is 1.88. The van der Waals surface area contributed by atoms with E-state index in [1.165, 1.54) is 11.3 Å². The molecule has 0 bridgehead atoms. The lowest BCUT2D eigenvalue weighted by molar-refractivity contribution is 1.01. The van der Waals surface area contributed by atoms with Gasteiger partial charge in [-0.25, -0.2) is 0 Å². The maximum absolute atomic E-state index is 4.32. The Kier molecular flexibility index (Phi) is 1.42. The van der Waals surface area contributed by atoms with Crippen molar-refractivity contribution in [1.29, 1.82) is 0 Å². The van der Waals surface area contributed by atoms with Gasteiger partial charge in [0.15, 0.2) is 0 Å². The third-order valence-corrected chi connectivity index (χ3v) is 3.00. The standard InChI is InChI=1S/C8H9NS/c1-6-8-7(5-10-6)3-2-4-9-8/h2-4,6H,5H2,1H3. The van der Waals surface area contributed by atoms with Crippen molar-refractivity contribution in [2.24, 2.45) is 0 Å². The van der Waals surface area contributed by atoms with Crippen molar-refractivity contribution in [2.75, 3.05) is 0 Å². The van der Waals surface area contributed by atoms with E-state index in [-0.39, 0.29) is 0 Å². The van der Waals surface area contributed by atoms with Crippen molar-refractivity contribution >= 4 is 11.8 Å². The van der Waals surface area contributed by atoms with Crippen molar-refractivity contribution in [3.8, 4) is 0 Å². The SMILES string of the molecule is CC1SCc2cccnc21. The molecule has 10 heavy (non-hydrogen) atoms. The Bertz CT molecular complexity index is 247. The number of hydrogen-bond acceptors (Lipinski definition) is 2. The van der Waals surface area contributed by atoms with Crippen molar-refractivity contribution in [1.82, 2.24) is 4.98 Å². The molecule has 0 amide bonds. The van der Waals surface area contributed by atoms with Crippen LogP contribution in [0.25, 0.3) is 0 Å². The normalized spacial score (nSPS) is 22.7. The van der Waals surface area contributed by atoms with Gasteiger partial charge in [-0.1, -0.05) is 6.07 Å². The molecule has 1 aromatic rings. The summed E-state index contributed by atoms with van der Waals surface area (Å²) in [4.78, 5) is 4.32. The van der Waals surface area contributed by atoms with E-state index in [0.717, 1.165) is 5.75 Å². The van der Waals surface area contributed by atoms with Gasteiger partial charge >= 0.3 is 0 Å². The van der Waals surface area contributed by atoms with Crippen LogP contribution < -0.4 is 0 Å². The van der Waals surface area contributed by atoms with Crippen LogP contribution in [0.2, 0.25) is 0 Å². The molecule has 0 fully saturated rings. The summed E-state index contributed by atoms with van der Waals surface area (Å²) in [6, 6.07) is 4.18. The summed E-state index contributed by atoms with van der Waals surface area (Å²) in [7, 11) is 0. The van der Waals surface area contributed by atoms with Crippen molar-refractivity contribution in [2.45, 2.75) is 17.9 Å². The first kappa shape index (κ1) is 6.23. The summed E-state index contributed by atoms with van der Waals surface area (Å²) < 4.78 is 0. The molecule has 2 heterocycles. The minimum Gasteiger partial charge on any atom is -0.260 e. The second-order valence-corrected chi connectivity index (χ2v) is 3.83. The molecule has 1 aromatic heterocycles. The Balaban J connectivity index is 2.51. The van der Waals surface area contributed by atoms with Gasteiger partial charge in [-0.05, 0) is 18.6 Å². The molecule has 1 atom stereocenters. The maximum Gasteiger partial charge on any atom is 0.0571 e. The Hall–Kier alpha value is -0.500. The van der Waals surface area contributed by atoms with Gasteiger partial charge in [-0.3, -0.25) is 4.98 Å². The fraction of sp³-hybridized carbons (Fsp3) is 0.375. The average Bonchev–Trinajstić information content (AvgIpc) is 2.34. The molecule has 2 heteroatoms. The first-order valence-corrected chi connectivity index (χ1v) is 4.48. The zero-order chi connectivity index (χ0) is 6.97. The molecule has 0 aromatic carbocycles. The molecule has 1 aliphatic rings. The Morgan fingerprint density at radius 2 is 2.60 bits per heavy atom. The second kappa shape index (κ2) is 2.27. The van der Waals surface area contributed by atoms with E-state index in [1.54, 1.807) is 0 Å². The van der Waals surface area contributed by atoms with Crippen LogP contribution in [0.1, 0.15) is 23.4 Å². The number of thioether (sulfide) groups is 1. The van der Waals surface area contributed by atoms with Gasteiger partial charge in [0.2, 0.25) is 0 Å². The van der Waals surface area contributed by atoms with E-state index in [0.29, 0.717) is 5.25 Å². The van der Waals surface area contributed by atoms with Gasteiger partial charge in [-0.2, -0.15) is 0 Å². The summed E-state index contributed by atoms with van der Waals surface area (Å²) in [5.74, 6) is 1.14. The van der Waals surface area contributed by atoms with Gasteiger partial charge in [-0.15, -0.1) is 11.8 Å². The summed E-state index contributed by atoms with van der Waals surface area (Å²) in [5.41, 5.74) is 2.70. The molecule has 0 saturated heterocycles. The lowest BCUT2D eigenvalue weighted by atomic mass is 10.2. The predicted molar refractivity (Wildman–Crippen MR) is 43.9 cm³/mol. The van der Waals surface area contributed by atoms with E-state index in [1.807, 2.05) is 24.0 Å². The molecule has 0 N–H and O–H groups in total. The Morgan fingerprint density at radius 3 is 3.40 bits per heavy atom. The van der Waals surface area contributed by atoms with Crippen LogP contribution in [0, 0.1) is 0 Å². The molecule has 52 valence electrons. The lowest BCUT2D eigenvalue weighted by Gasteiger charge is -1.98. The van der Waals surface area contributed by atoms with E-state index in [9.17, 15) is 0 Å². The van der Waals surface area contributed by atoms with Crippen LogP contribution in [0.3, 0.4) is 0 Å². The fourth-order valence-electron chi connectivity index (χ4n) is 1.23. The molecular formula is C8H9NS. The van der Waals surface area contributed by atoms with Crippen LogP contribution in [0.5, 0.6) is 0 Å². The molecular weight excluding hydrogens is 142 g/mol. The van der Waals surface area contributed by atoms with Crippen LogP contribution in [0.15, 0.2) is 18.3 Å². The first-order chi connectivity index (χ1) is 4.88. The number of nitrogens with zero attached hydrogens (tertiary/aromatic N) is 1. The van der Waals surface area contributed by atoms with Crippen molar-refractivity contribution < 1.29 is 0 Å². The largest absolute Gasteiger partial charge is 0.260 e. The highest BCUT2D eigenvalue weighted by Gasteiger charge is 2.18. The molecule has 1 aliphatic heterocycles. The zero-order valence-corrected chi connectivity index (χ0v) is 6.69. The molecule has 1 unspecified atom stereocenters. The lowest BCUT2D eigenvalue weighted by Crippen LogP contribution is -1.88. The Labute approximate surface area is 64.9 Å². The van der Waals surface area contributed by atoms with Gasteiger partial charge in [0.05, 0.1) is 5.69 Å². The van der Waals surface area contributed by atoms with Gasteiger partial charge < -0.3 is 0 Å². The number of hydrogen-bond donors (Lipinski definition) is 0. The fourth-order valence-corrected chi connectivity index (χ4v) is 2.28. The summed E-state index contributed by atoms with van der Waals surface area (Å²) in [5, 5.41) is 0.608. The number of aromatic nitrogens is 1. The van der Waals surface area contributed by atoms with Crippen LogP contribution in [-0.4, -0.2) is 4.98 Å². The van der Waals surface area contributed by atoms with E-state index < -0.39 is 0 Å². The van der Waals surface area contributed by atoms with Crippen molar-refractivity contribution in [3.05, 3.63) is 29.6 Å². The topological polar surface area (TPSA) is 12.9 Å². The number of pyridine rings is 1. The van der Waals surface area contributed by atoms with Crippen molar-refractivity contribution in [3.63, 3.8) is 0 Å². The highest BCUT2D eigenvalue weighted by atomic mass is 32.2. The molecule has 2 rings (SSSR count). The molecule has 0 radical (unpaired) electrons. The van der Waals surface area contributed by atoms with E-state index in [4.69, 9.17) is 0 Å². The molecule has 1 nitrogen and oxygen atoms in total. The quantitative estimate of drug-likeness (QED) is 0.564. The van der Waals surface area contributed by atoms with E-state index >= 15 is 0 Å². The average molecular weight is 151 g/mol. The minimum atomic E-state index is 0.608. The highest BCUT2D eigenvalue weighted by molar-refractivity contribution is 7.99. The first-order valence-electron chi connectivity index (χ1n) is 3.43. The van der Waals surface area contributed by atoms with Gasteiger partial charge in [0.1, 0.15) is 0 Å². The van der Waals surface area contributed by atoms with Crippen LogP contribution in [0.4, 0.5) is 0 Å². The monoisotopic (exact) mass is 151 g/mol. The summed E-state index contributed by atoms with van der Waals surface area (Å²) in [6.45, 7) is 2.21. The number of rotatable bonds is 0. The predicted octanol–water partition coefficient (Wildman–Crippen LogP) is 2.39. The molecule has 0 saturated carbocycles. The molecule has 0 spiro atoms. The second-order valence-electron chi connectivity index (χ2n) is 2.50. The zero-order valence-electron chi connectivity index (χ0n) is 5.87. The Morgan fingerprint density at radius 1 is 1.70 bits per heavy atom. The maximum atomic E-state index is 4.32. The molecule has 0 aliphatic carbocycles. The van der Waals surface area contributed by atoms with Gasteiger partial charge in [0, 0.05) is 17.2 Å².